The van der Waals surface area contributed by atoms with Crippen LogP contribution in [0.4, 0.5) is 11.4 Å². The lowest BCUT2D eigenvalue weighted by atomic mass is 10.0. The summed E-state index contributed by atoms with van der Waals surface area (Å²) in [7, 11) is 0. The zero-order valence-corrected chi connectivity index (χ0v) is 21.4. The molecule has 13 heteroatoms. The van der Waals surface area contributed by atoms with Crippen LogP contribution in [0.3, 0.4) is 0 Å². The van der Waals surface area contributed by atoms with Gasteiger partial charge < -0.3 is 34.3 Å². The maximum Gasteiger partial charge on any atom is 0.336 e. The predicted molar refractivity (Wildman–Crippen MR) is 127 cm³/mol. The molecule has 0 fully saturated rings. The molecule has 0 bridgehead atoms. The number of aryl methyl sites for hydroxylation is 2. The molecular weight excluding hydrogens is 492 g/mol. The molecule has 0 saturated carbocycles. The van der Waals surface area contributed by atoms with Crippen molar-refractivity contribution in [2.45, 2.75) is 65.9 Å². The minimum Gasteiger partial charge on any atom is -0.479 e. The second-order valence-electron chi connectivity index (χ2n) is 8.49. The van der Waals surface area contributed by atoms with Gasteiger partial charge in [0, 0.05) is 27.7 Å². The molecule has 202 valence electrons. The third-order valence-corrected chi connectivity index (χ3v) is 5.45. The summed E-state index contributed by atoms with van der Waals surface area (Å²) in [6, 6.07) is 1.68. The van der Waals surface area contributed by atoms with E-state index in [0.29, 0.717) is 11.4 Å². The van der Waals surface area contributed by atoms with Crippen LogP contribution >= 0.6 is 0 Å². The van der Waals surface area contributed by atoms with Gasteiger partial charge in [0.1, 0.15) is 6.61 Å². The zero-order valence-electron chi connectivity index (χ0n) is 21.4. The Balaban J connectivity index is 2.60. The van der Waals surface area contributed by atoms with Gasteiger partial charge in [-0.3, -0.25) is 24.0 Å². The lowest BCUT2D eigenvalue weighted by molar-refractivity contribution is -0.188. The Morgan fingerprint density at radius 3 is 1.95 bits per heavy atom. The summed E-state index contributed by atoms with van der Waals surface area (Å²) in [5.74, 6) is -5.50. The van der Waals surface area contributed by atoms with Crippen molar-refractivity contribution in [2.24, 2.45) is 0 Å². The van der Waals surface area contributed by atoms with Crippen LogP contribution in [-0.4, -0.2) is 78.4 Å². The number of benzene rings is 1. The third-order valence-electron chi connectivity index (χ3n) is 5.45. The number of ether oxygens (including phenoxy) is 4. The van der Waals surface area contributed by atoms with Crippen molar-refractivity contribution in [3.05, 3.63) is 23.3 Å². The Kier molecular flexibility index (Phi) is 9.58. The minimum atomic E-state index is -1.65. The Morgan fingerprint density at radius 1 is 0.892 bits per heavy atom. The number of anilines is 2. The topological polar surface area (TPSA) is 175 Å². The van der Waals surface area contributed by atoms with E-state index >= 15 is 0 Å². The molecule has 37 heavy (non-hydrogen) atoms. The van der Waals surface area contributed by atoms with E-state index in [4.69, 9.17) is 18.9 Å². The van der Waals surface area contributed by atoms with Crippen molar-refractivity contribution in [1.82, 2.24) is 0 Å². The first kappa shape index (κ1) is 29.1. The normalized spacial score (nSPS) is 16.9. The fourth-order valence-electron chi connectivity index (χ4n) is 3.78. The highest BCUT2D eigenvalue weighted by molar-refractivity contribution is 6.15. The van der Waals surface area contributed by atoms with Gasteiger partial charge in [-0.1, -0.05) is 0 Å². The van der Waals surface area contributed by atoms with E-state index in [1.165, 1.54) is 0 Å². The SMILES string of the molecule is CC(=O)OC[C@@H](OC(C)=O)[C@@H](OC(C)=O)[C@H](CN1C(=O)C(C(=O)O)Nc2cc(C)c(C)cc21)OC(C)=O. The number of hydrogen-bond acceptors (Lipinski definition) is 11. The minimum absolute atomic E-state index is 0.299. The summed E-state index contributed by atoms with van der Waals surface area (Å²) in [5.41, 5.74) is 2.26. The summed E-state index contributed by atoms with van der Waals surface area (Å²) in [6.07, 6.45) is -4.39. The van der Waals surface area contributed by atoms with E-state index in [-0.39, 0.29) is 0 Å². The third kappa shape index (κ3) is 7.66. The smallest absolute Gasteiger partial charge is 0.336 e. The van der Waals surface area contributed by atoms with Crippen molar-refractivity contribution in [2.75, 3.05) is 23.4 Å². The largest absolute Gasteiger partial charge is 0.479 e. The molecule has 1 aliphatic rings. The van der Waals surface area contributed by atoms with Crippen molar-refractivity contribution in [3.8, 4) is 0 Å². The number of nitrogens with zero attached hydrogens (tertiary/aromatic N) is 1. The molecule has 2 N–H and O–H groups in total. The number of hydrogen-bond donors (Lipinski definition) is 2. The van der Waals surface area contributed by atoms with Crippen molar-refractivity contribution >= 4 is 47.1 Å². The molecule has 1 aromatic carbocycles. The van der Waals surface area contributed by atoms with Gasteiger partial charge in [-0.15, -0.1) is 0 Å². The fourth-order valence-corrected chi connectivity index (χ4v) is 3.78. The van der Waals surface area contributed by atoms with Crippen molar-refractivity contribution in [1.29, 1.82) is 0 Å². The first-order chi connectivity index (χ1) is 17.2. The molecule has 4 atom stereocenters. The number of aliphatic carboxylic acids is 1. The van der Waals surface area contributed by atoms with Gasteiger partial charge in [0.2, 0.25) is 6.04 Å². The lowest BCUT2D eigenvalue weighted by Crippen LogP contribution is -2.57. The van der Waals surface area contributed by atoms with E-state index in [1.807, 2.05) is 6.92 Å². The highest BCUT2D eigenvalue weighted by Gasteiger charge is 2.43. The maximum atomic E-state index is 13.2. The highest BCUT2D eigenvalue weighted by atomic mass is 16.6. The molecule has 13 nitrogen and oxygen atoms in total. The molecule has 0 saturated heterocycles. The predicted octanol–water partition coefficient (Wildman–Crippen LogP) is 0.873. The first-order valence-electron chi connectivity index (χ1n) is 11.3. The van der Waals surface area contributed by atoms with Crippen LogP contribution in [-0.2, 0) is 47.7 Å². The fraction of sp³-hybridized carbons (Fsp3) is 0.500. The number of nitrogens with one attached hydrogen (secondary N) is 1. The van der Waals surface area contributed by atoms with Gasteiger partial charge in [0.25, 0.3) is 5.91 Å². The molecule has 2 rings (SSSR count). The van der Waals surface area contributed by atoms with Crippen LogP contribution in [0.15, 0.2) is 12.1 Å². The van der Waals surface area contributed by atoms with Gasteiger partial charge in [-0.2, -0.15) is 0 Å². The molecule has 1 unspecified atom stereocenters. The van der Waals surface area contributed by atoms with Crippen LogP contribution in [0.2, 0.25) is 0 Å². The van der Waals surface area contributed by atoms with Gasteiger partial charge in [0.05, 0.1) is 17.9 Å². The summed E-state index contributed by atoms with van der Waals surface area (Å²) in [6.45, 7) is 6.90. The van der Waals surface area contributed by atoms with Crippen LogP contribution in [0, 0.1) is 13.8 Å². The van der Waals surface area contributed by atoms with Crippen molar-refractivity contribution < 1.29 is 52.8 Å². The monoisotopic (exact) mass is 522 g/mol. The number of carbonyl (C=O) groups excluding carboxylic acids is 5. The molecule has 1 heterocycles. The lowest BCUT2D eigenvalue weighted by Gasteiger charge is -2.38. The maximum absolute atomic E-state index is 13.2. The Bertz CT molecular complexity index is 1100. The zero-order chi connectivity index (χ0) is 28.0. The van der Waals surface area contributed by atoms with E-state index in [2.05, 4.69) is 5.32 Å². The number of carboxylic acid groups (broad SMARTS) is 1. The second-order valence-corrected chi connectivity index (χ2v) is 8.49. The molecule has 0 aromatic heterocycles. The average molecular weight is 523 g/mol. The number of carboxylic acids is 1. The van der Waals surface area contributed by atoms with Gasteiger partial charge in [0.15, 0.2) is 18.3 Å². The average Bonchev–Trinajstić information content (AvgIpc) is 2.76. The number of fused-ring (bicyclic) bond motifs is 1. The van der Waals surface area contributed by atoms with Crippen LogP contribution < -0.4 is 10.2 Å². The summed E-state index contributed by atoms with van der Waals surface area (Å²) in [5, 5.41) is 12.3. The standard InChI is InChI=1S/C24H30N2O11/c1-11-7-17-18(8-12(11)2)26(23(31)21(25-17)24(32)33)9-19(35-14(4)28)22(37-16(6)30)20(36-15(5)29)10-34-13(3)27/h7-8,19-22,25H,9-10H2,1-6H3,(H,32,33)/t19-,20+,21?,22-/m0/s1. The molecule has 0 radical (unpaired) electrons. The molecule has 1 aromatic rings. The first-order valence-corrected chi connectivity index (χ1v) is 11.3. The van der Waals surface area contributed by atoms with E-state index in [1.54, 1.807) is 19.1 Å². The Morgan fingerprint density at radius 2 is 1.43 bits per heavy atom. The quantitative estimate of drug-likeness (QED) is 0.252. The van der Waals surface area contributed by atoms with E-state index in [0.717, 1.165) is 43.7 Å². The molecular formula is C24H30N2O11. The van der Waals surface area contributed by atoms with Crippen LogP contribution in [0.1, 0.15) is 38.8 Å². The number of rotatable bonds is 10. The van der Waals surface area contributed by atoms with Crippen molar-refractivity contribution in [3.63, 3.8) is 0 Å². The number of amides is 1. The highest BCUT2D eigenvalue weighted by Crippen LogP contribution is 2.35. The van der Waals surface area contributed by atoms with E-state index < -0.39 is 73.3 Å². The summed E-state index contributed by atoms with van der Waals surface area (Å²) in [4.78, 5) is 73.3. The van der Waals surface area contributed by atoms with Gasteiger partial charge in [-0.25, -0.2) is 4.79 Å². The Hall–Kier alpha value is -4.16. The molecule has 0 spiro atoms. The van der Waals surface area contributed by atoms with E-state index in [9.17, 15) is 33.9 Å². The van der Waals surface area contributed by atoms with Crippen LogP contribution in [0.5, 0.6) is 0 Å². The molecule has 0 aliphatic carbocycles. The van der Waals surface area contributed by atoms with Gasteiger partial charge in [-0.05, 0) is 37.1 Å². The van der Waals surface area contributed by atoms with Gasteiger partial charge >= 0.3 is 29.8 Å². The number of esters is 4. The molecule has 1 aliphatic heterocycles. The summed E-state index contributed by atoms with van der Waals surface area (Å²) >= 11 is 0. The second kappa shape index (κ2) is 12.2. The Labute approximate surface area is 213 Å². The number of carbonyl (C=O) groups is 6. The van der Waals surface area contributed by atoms with Crippen LogP contribution in [0.25, 0.3) is 0 Å². The molecule has 1 amide bonds. The summed E-state index contributed by atoms with van der Waals surface area (Å²) < 4.78 is 20.9.